The number of nitrogens with one attached hydrogen (secondary N) is 3. The summed E-state index contributed by atoms with van der Waals surface area (Å²) in [7, 11) is 5.54. The van der Waals surface area contributed by atoms with Gasteiger partial charge in [-0.15, -0.1) is 0 Å². The van der Waals surface area contributed by atoms with Gasteiger partial charge in [0.25, 0.3) is 0 Å². The van der Waals surface area contributed by atoms with Gasteiger partial charge in [-0.05, 0) is 37.6 Å². The summed E-state index contributed by atoms with van der Waals surface area (Å²) in [6.45, 7) is 2.77. The van der Waals surface area contributed by atoms with Crippen LogP contribution in [0.5, 0.6) is 0 Å². The molecule has 0 amide bonds. The summed E-state index contributed by atoms with van der Waals surface area (Å²) >= 11 is 0. The van der Waals surface area contributed by atoms with E-state index in [-0.39, 0.29) is 22.8 Å². The zero-order chi connectivity index (χ0) is 28.6. The summed E-state index contributed by atoms with van der Waals surface area (Å²) in [5.74, 6) is 0.158. The number of aromatic nitrogens is 4. The van der Waals surface area contributed by atoms with E-state index in [0.717, 1.165) is 53.6 Å². The molecule has 2 saturated heterocycles. The van der Waals surface area contributed by atoms with E-state index in [9.17, 15) is 19.4 Å². The molecule has 6 heterocycles. The number of hydrogen-bond donors (Lipinski definition) is 5. The van der Waals surface area contributed by atoms with Crippen LogP contribution in [0.25, 0.3) is 44.1 Å². The van der Waals surface area contributed by atoms with Crippen molar-refractivity contribution in [2.24, 2.45) is 5.92 Å². The van der Waals surface area contributed by atoms with Crippen LogP contribution in [-0.2, 0) is 0 Å². The molecule has 2 aliphatic rings. The normalized spacial score (nSPS) is 19.2. The summed E-state index contributed by atoms with van der Waals surface area (Å²) < 4.78 is 16.4. The Hall–Kier alpha value is -4.26. The molecular weight excluding hydrogens is 527 g/mol. The first-order chi connectivity index (χ1) is 19.8. The number of nitrogens with zero attached hydrogens (tertiary/aromatic N) is 5. The van der Waals surface area contributed by atoms with Crippen molar-refractivity contribution < 1.29 is 14.6 Å². The van der Waals surface area contributed by atoms with Crippen molar-refractivity contribution >= 4 is 44.3 Å². The highest BCUT2D eigenvalue weighted by Gasteiger charge is 2.41. The van der Waals surface area contributed by atoms with Crippen molar-refractivity contribution in [3.05, 3.63) is 58.4 Å². The van der Waals surface area contributed by atoms with Crippen LogP contribution in [0, 0.1) is 11.7 Å². The number of aliphatic hydroxyl groups excluding tert-OH is 1. The van der Waals surface area contributed by atoms with Crippen LogP contribution in [-0.4, -0.2) is 81.6 Å². The monoisotopic (exact) mass is 558 g/mol. The molecule has 212 valence electrons. The highest BCUT2D eigenvalue weighted by atomic mass is 19.1. The molecule has 41 heavy (non-hydrogen) atoms. The number of halogens is 1. The molecule has 2 aliphatic heterocycles. The lowest BCUT2D eigenvalue weighted by Crippen LogP contribution is -2.35. The number of rotatable bonds is 5. The second kappa shape index (κ2) is 9.40. The van der Waals surface area contributed by atoms with Gasteiger partial charge in [0, 0.05) is 74.9 Å². The van der Waals surface area contributed by atoms with Crippen molar-refractivity contribution in [2.75, 3.05) is 56.4 Å². The molecule has 0 bridgehead atoms. The van der Waals surface area contributed by atoms with Gasteiger partial charge in [0.2, 0.25) is 0 Å². The highest BCUT2D eigenvalue weighted by Crippen LogP contribution is 2.46. The molecule has 0 spiro atoms. The Morgan fingerprint density at radius 2 is 1.95 bits per heavy atom. The molecule has 11 nitrogen and oxygen atoms in total. The number of anilines is 2. The standard InChI is InChI=1S/C29H31FN8O3/c1-31-21-8-16(30)7-17-23-25(37-5-4-14-11-36(3)13-22(14)37)19(10-33-27(23)35-24(17)21)15-6-18-26(39)20(29(40)41)12-38(32-2)28(18)34-9-15/h6-10,12,14,22,29,31-32,40-41H,4-5,11,13H2,1-3H3,(H,33,35)/t14?,22-/m1/s1. The Morgan fingerprint density at radius 3 is 2.71 bits per heavy atom. The van der Waals surface area contributed by atoms with Crippen LogP contribution >= 0.6 is 0 Å². The fourth-order valence-electron chi connectivity index (χ4n) is 6.80. The molecule has 5 N–H and O–H groups in total. The van der Waals surface area contributed by atoms with E-state index < -0.39 is 11.7 Å². The summed E-state index contributed by atoms with van der Waals surface area (Å²) in [4.78, 5) is 30.8. The average Bonchev–Trinajstić information content (AvgIpc) is 3.64. The van der Waals surface area contributed by atoms with Gasteiger partial charge >= 0.3 is 0 Å². The summed E-state index contributed by atoms with van der Waals surface area (Å²) in [6, 6.07) is 5.00. The van der Waals surface area contributed by atoms with Gasteiger partial charge < -0.3 is 35.7 Å². The van der Waals surface area contributed by atoms with Gasteiger partial charge in [-0.1, -0.05) is 0 Å². The minimum absolute atomic E-state index is 0.164. The molecular formula is C29H31FN8O3. The molecule has 2 atom stereocenters. The van der Waals surface area contributed by atoms with E-state index in [2.05, 4.69) is 37.6 Å². The Labute approximate surface area is 234 Å². The summed E-state index contributed by atoms with van der Waals surface area (Å²) in [5.41, 5.74) is 6.99. The zero-order valence-corrected chi connectivity index (χ0v) is 22.9. The number of likely N-dealkylation sites (tertiary alicyclic amines) is 1. The van der Waals surface area contributed by atoms with Crippen LogP contribution in [0.15, 0.2) is 41.6 Å². The molecule has 1 unspecified atom stereocenters. The summed E-state index contributed by atoms with van der Waals surface area (Å²) in [6.07, 6.45) is 3.91. The van der Waals surface area contributed by atoms with E-state index in [1.54, 1.807) is 32.6 Å². The molecule has 7 rings (SSSR count). The van der Waals surface area contributed by atoms with E-state index >= 15 is 0 Å². The lowest BCUT2D eigenvalue weighted by atomic mass is 10.00. The number of aliphatic hydroxyl groups is 2. The largest absolute Gasteiger partial charge is 0.386 e. The summed E-state index contributed by atoms with van der Waals surface area (Å²) in [5, 5.41) is 24.6. The minimum Gasteiger partial charge on any atom is -0.386 e. The van der Waals surface area contributed by atoms with Crippen LogP contribution in [0.3, 0.4) is 0 Å². The van der Waals surface area contributed by atoms with E-state index in [1.807, 2.05) is 0 Å². The fraction of sp³-hybridized carbons (Fsp3) is 0.345. The van der Waals surface area contributed by atoms with Gasteiger partial charge in [0.05, 0.1) is 33.2 Å². The third-order valence-corrected chi connectivity index (χ3v) is 8.65. The number of pyridine rings is 3. The quantitative estimate of drug-likeness (QED) is 0.206. The smallest absolute Gasteiger partial charge is 0.199 e. The van der Waals surface area contributed by atoms with Gasteiger partial charge in [0.1, 0.15) is 11.5 Å². The van der Waals surface area contributed by atoms with E-state index in [4.69, 9.17) is 4.98 Å². The Bertz CT molecular complexity index is 1900. The molecule has 5 aromatic rings. The van der Waals surface area contributed by atoms with Gasteiger partial charge in [-0.3, -0.25) is 4.79 Å². The Kier molecular flexibility index (Phi) is 5.89. The Morgan fingerprint density at radius 1 is 1.12 bits per heavy atom. The maximum atomic E-state index is 14.9. The maximum absolute atomic E-state index is 14.9. The lowest BCUT2D eigenvalue weighted by molar-refractivity contribution is -0.0434. The number of H-pyrrole nitrogens is 1. The van der Waals surface area contributed by atoms with E-state index in [1.165, 1.54) is 23.0 Å². The third-order valence-electron chi connectivity index (χ3n) is 8.65. The van der Waals surface area contributed by atoms with Crippen LogP contribution in [0.4, 0.5) is 15.8 Å². The lowest BCUT2D eigenvalue weighted by Gasteiger charge is -2.29. The number of hydrogen-bond acceptors (Lipinski definition) is 9. The maximum Gasteiger partial charge on any atom is 0.199 e. The molecule has 0 saturated carbocycles. The van der Waals surface area contributed by atoms with Crippen LogP contribution in [0.1, 0.15) is 18.3 Å². The first kappa shape index (κ1) is 25.7. The predicted octanol–water partition coefficient (Wildman–Crippen LogP) is 2.57. The zero-order valence-electron chi connectivity index (χ0n) is 22.9. The van der Waals surface area contributed by atoms with Crippen molar-refractivity contribution in [1.29, 1.82) is 0 Å². The van der Waals surface area contributed by atoms with E-state index in [0.29, 0.717) is 28.5 Å². The fourth-order valence-corrected chi connectivity index (χ4v) is 6.80. The highest BCUT2D eigenvalue weighted by molar-refractivity contribution is 6.18. The number of likely N-dealkylation sites (N-methyl/N-ethyl adjacent to an activating group) is 1. The minimum atomic E-state index is -1.94. The van der Waals surface area contributed by atoms with Gasteiger partial charge in [-0.25, -0.2) is 19.0 Å². The topological polar surface area (TPSA) is 135 Å². The van der Waals surface area contributed by atoms with Crippen LogP contribution in [0.2, 0.25) is 0 Å². The van der Waals surface area contributed by atoms with Gasteiger partial charge in [0.15, 0.2) is 17.4 Å². The molecule has 4 aromatic heterocycles. The molecule has 2 fully saturated rings. The predicted molar refractivity (Wildman–Crippen MR) is 157 cm³/mol. The van der Waals surface area contributed by atoms with Crippen molar-refractivity contribution in [3.63, 3.8) is 0 Å². The second-order valence-electron chi connectivity index (χ2n) is 11.0. The number of fused-ring (bicyclic) bond motifs is 5. The van der Waals surface area contributed by atoms with Crippen molar-refractivity contribution in [1.82, 2.24) is 24.5 Å². The average molecular weight is 559 g/mol. The first-order valence-electron chi connectivity index (χ1n) is 13.7. The molecule has 0 aliphatic carbocycles. The van der Waals surface area contributed by atoms with Gasteiger partial charge in [-0.2, -0.15) is 0 Å². The second-order valence-corrected chi connectivity index (χ2v) is 11.0. The molecule has 1 aromatic carbocycles. The first-order valence-corrected chi connectivity index (χ1v) is 13.7. The number of aromatic amines is 1. The molecule has 12 heteroatoms. The van der Waals surface area contributed by atoms with Crippen LogP contribution < -0.4 is 21.1 Å². The van der Waals surface area contributed by atoms with Crippen molar-refractivity contribution in [2.45, 2.75) is 18.8 Å². The Balaban J connectivity index is 1.54. The third kappa shape index (κ3) is 3.85. The SMILES string of the molecule is CNc1cc(F)cc2c1[nH]c1ncc(-c3cnc4c(c3)c(=O)c(C(O)O)cn4NC)c(N3CCC4CN(C)C[C@H]43)c12. The molecule has 0 radical (unpaired) electrons. The number of benzene rings is 1. The van der Waals surface area contributed by atoms with Crippen molar-refractivity contribution in [3.8, 4) is 11.1 Å².